The van der Waals surface area contributed by atoms with Crippen molar-refractivity contribution in [2.75, 3.05) is 25.1 Å². The summed E-state index contributed by atoms with van der Waals surface area (Å²) in [6.07, 6.45) is 2.72. The molecule has 162 valence electrons. The van der Waals surface area contributed by atoms with Crippen molar-refractivity contribution in [1.82, 2.24) is 10.6 Å². The van der Waals surface area contributed by atoms with Crippen LogP contribution in [0.2, 0.25) is 0 Å². The Morgan fingerprint density at radius 2 is 1.87 bits per heavy atom. The first kappa shape index (κ1) is 24.0. The average Bonchev–Trinajstić information content (AvgIpc) is 2.76. The van der Waals surface area contributed by atoms with Crippen LogP contribution in [0.3, 0.4) is 0 Å². The van der Waals surface area contributed by atoms with Gasteiger partial charge in [0.15, 0.2) is 5.96 Å². The summed E-state index contributed by atoms with van der Waals surface area (Å²) < 4.78 is 5.41. The number of piperidine rings is 1. The van der Waals surface area contributed by atoms with Crippen molar-refractivity contribution >= 4 is 41.5 Å². The summed E-state index contributed by atoms with van der Waals surface area (Å²) in [5.74, 6) is 1.84. The van der Waals surface area contributed by atoms with E-state index in [9.17, 15) is 4.79 Å². The fourth-order valence-electron chi connectivity index (χ4n) is 3.40. The number of hydrogen-bond acceptors (Lipinski definition) is 3. The maximum atomic E-state index is 12.1. The molecule has 1 saturated heterocycles. The summed E-state index contributed by atoms with van der Waals surface area (Å²) in [7, 11) is 1.68. The Morgan fingerprint density at radius 3 is 2.57 bits per heavy atom. The van der Waals surface area contributed by atoms with Crippen LogP contribution in [-0.4, -0.2) is 32.1 Å². The summed E-state index contributed by atoms with van der Waals surface area (Å²) in [5, 5.41) is 6.63. The van der Waals surface area contributed by atoms with Gasteiger partial charge in [-0.05, 0) is 43.5 Å². The summed E-state index contributed by atoms with van der Waals surface area (Å²) in [6.45, 7) is 4.84. The number of methoxy groups -OCH3 is 1. The highest BCUT2D eigenvalue weighted by Gasteiger charge is 2.19. The second-order valence-electron chi connectivity index (χ2n) is 7.03. The molecule has 0 aromatic heterocycles. The molecule has 0 unspecified atom stereocenters. The molecule has 2 N–H and O–H groups in total. The first-order chi connectivity index (χ1) is 14.2. The number of guanidine groups is 1. The molecular formula is C23H31IN4O2. The molecule has 0 bridgehead atoms. The summed E-state index contributed by atoms with van der Waals surface area (Å²) >= 11 is 0. The van der Waals surface area contributed by atoms with E-state index in [1.807, 2.05) is 60.4 Å². The molecule has 3 rings (SSSR count). The lowest BCUT2D eigenvalue weighted by atomic mass is 10.1. The SMILES string of the molecule is CCNC(=NCc1ccc(N2CCCCC2=O)cc1)NCc1ccccc1OC.I. The Labute approximate surface area is 196 Å². The van der Waals surface area contributed by atoms with Gasteiger partial charge in [-0.25, -0.2) is 4.99 Å². The normalized spacial score (nSPS) is 14.1. The van der Waals surface area contributed by atoms with Crippen LogP contribution in [-0.2, 0) is 17.9 Å². The van der Waals surface area contributed by atoms with Crippen molar-refractivity contribution in [1.29, 1.82) is 0 Å². The van der Waals surface area contributed by atoms with Crippen molar-refractivity contribution in [3.05, 3.63) is 59.7 Å². The van der Waals surface area contributed by atoms with Crippen molar-refractivity contribution in [3.63, 3.8) is 0 Å². The number of para-hydroxylation sites is 1. The number of ether oxygens (including phenoxy) is 1. The Morgan fingerprint density at radius 1 is 1.10 bits per heavy atom. The van der Waals surface area contributed by atoms with Gasteiger partial charge in [0.1, 0.15) is 5.75 Å². The molecule has 0 aliphatic carbocycles. The molecule has 0 radical (unpaired) electrons. The van der Waals surface area contributed by atoms with E-state index in [0.29, 0.717) is 19.5 Å². The second-order valence-corrected chi connectivity index (χ2v) is 7.03. The second kappa shape index (κ2) is 12.4. The zero-order chi connectivity index (χ0) is 20.5. The van der Waals surface area contributed by atoms with Crippen LogP contribution in [0.25, 0.3) is 0 Å². The molecule has 0 atom stereocenters. The maximum absolute atomic E-state index is 12.1. The minimum Gasteiger partial charge on any atom is -0.496 e. The fraction of sp³-hybridized carbons (Fsp3) is 0.391. The minimum atomic E-state index is 0. The van der Waals surface area contributed by atoms with Crippen LogP contribution in [0.5, 0.6) is 5.75 Å². The molecule has 1 aliphatic heterocycles. The number of aliphatic imine (C=N–C) groups is 1. The van der Waals surface area contributed by atoms with Crippen molar-refractivity contribution in [2.24, 2.45) is 4.99 Å². The number of benzene rings is 2. The number of hydrogen-bond donors (Lipinski definition) is 2. The number of nitrogens with one attached hydrogen (secondary N) is 2. The zero-order valence-corrected chi connectivity index (χ0v) is 20.0. The molecule has 2 aromatic rings. The van der Waals surface area contributed by atoms with Gasteiger partial charge in [-0.3, -0.25) is 4.79 Å². The third kappa shape index (κ3) is 6.62. The Balaban J connectivity index is 0.00000320. The van der Waals surface area contributed by atoms with Gasteiger partial charge in [-0.1, -0.05) is 30.3 Å². The van der Waals surface area contributed by atoms with Gasteiger partial charge in [-0.2, -0.15) is 0 Å². The number of amides is 1. The van der Waals surface area contributed by atoms with Gasteiger partial charge in [0.25, 0.3) is 0 Å². The van der Waals surface area contributed by atoms with E-state index in [0.717, 1.165) is 54.5 Å². The van der Waals surface area contributed by atoms with Gasteiger partial charge >= 0.3 is 0 Å². The van der Waals surface area contributed by atoms with Crippen LogP contribution in [0.1, 0.15) is 37.3 Å². The van der Waals surface area contributed by atoms with Gasteiger partial charge in [0.2, 0.25) is 5.91 Å². The highest BCUT2D eigenvalue weighted by molar-refractivity contribution is 14.0. The van der Waals surface area contributed by atoms with E-state index in [-0.39, 0.29) is 29.9 Å². The molecule has 0 spiro atoms. The van der Waals surface area contributed by atoms with Crippen LogP contribution in [0.15, 0.2) is 53.5 Å². The number of rotatable bonds is 7. The van der Waals surface area contributed by atoms with Crippen molar-refractivity contribution in [3.8, 4) is 5.75 Å². The van der Waals surface area contributed by atoms with Crippen molar-refractivity contribution in [2.45, 2.75) is 39.3 Å². The lowest BCUT2D eigenvalue weighted by molar-refractivity contribution is -0.119. The van der Waals surface area contributed by atoms with E-state index >= 15 is 0 Å². The van der Waals surface area contributed by atoms with E-state index in [1.165, 1.54) is 0 Å². The molecule has 1 aliphatic rings. The first-order valence-corrected chi connectivity index (χ1v) is 10.2. The van der Waals surface area contributed by atoms with Crippen LogP contribution >= 0.6 is 24.0 Å². The molecule has 6 nitrogen and oxygen atoms in total. The number of nitrogens with zero attached hydrogens (tertiary/aromatic N) is 2. The van der Waals surface area contributed by atoms with E-state index < -0.39 is 0 Å². The number of halogens is 1. The maximum Gasteiger partial charge on any atom is 0.226 e. The van der Waals surface area contributed by atoms with Gasteiger partial charge in [-0.15, -0.1) is 24.0 Å². The predicted molar refractivity (Wildman–Crippen MR) is 133 cm³/mol. The largest absolute Gasteiger partial charge is 0.496 e. The topological polar surface area (TPSA) is 66.0 Å². The van der Waals surface area contributed by atoms with Crippen LogP contribution in [0, 0.1) is 0 Å². The molecule has 0 saturated carbocycles. The Bertz CT molecular complexity index is 839. The third-order valence-corrected chi connectivity index (χ3v) is 4.97. The highest BCUT2D eigenvalue weighted by Crippen LogP contribution is 2.21. The predicted octanol–water partition coefficient (Wildman–Crippen LogP) is 4.09. The number of anilines is 1. The number of carbonyl (C=O) groups is 1. The van der Waals surface area contributed by atoms with E-state index in [4.69, 9.17) is 4.74 Å². The molecule has 2 aromatic carbocycles. The smallest absolute Gasteiger partial charge is 0.226 e. The standard InChI is InChI=1S/C23H30N4O2.HI/c1-3-24-23(26-17-19-8-4-5-9-21(19)29-2)25-16-18-11-13-20(14-12-18)27-15-7-6-10-22(27)28;/h4-5,8-9,11-14H,3,6-7,10,15-17H2,1-2H3,(H2,24,25,26);1H. The summed E-state index contributed by atoms with van der Waals surface area (Å²) in [4.78, 5) is 18.6. The monoisotopic (exact) mass is 522 g/mol. The molecule has 1 heterocycles. The van der Waals surface area contributed by atoms with Gasteiger partial charge in [0, 0.05) is 37.3 Å². The first-order valence-electron chi connectivity index (χ1n) is 10.2. The molecule has 30 heavy (non-hydrogen) atoms. The fourth-order valence-corrected chi connectivity index (χ4v) is 3.40. The number of carbonyl (C=O) groups excluding carboxylic acids is 1. The van der Waals surface area contributed by atoms with Gasteiger partial charge in [0.05, 0.1) is 13.7 Å². The minimum absolute atomic E-state index is 0. The summed E-state index contributed by atoms with van der Waals surface area (Å²) in [6, 6.07) is 16.1. The zero-order valence-electron chi connectivity index (χ0n) is 17.7. The average molecular weight is 522 g/mol. The Kier molecular flexibility index (Phi) is 9.93. The van der Waals surface area contributed by atoms with E-state index in [1.54, 1.807) is 7.11 Å². The quantitative estimate of drug-likeness (QED) is 0.327. The van der Waals surface area contributed by atoms with Crippen molar-refractivity contribution < 1.29 is 9.53 Å². The van der Waals surface area contributed by atoms with Crippen LogP contribution in [0.4, 0.5) is 5.69 Å². The third-order valence-electron chi connectivity index (χ3n) is 4.97. The molecule has 7 heteroatoms. The lowest BCUT2D eigenvalue weighted by Gasteiger charge is -2.26. The Hall–Kier alpha value is -2.29. The summed E-state index contributed by atoms with van der Waals surface area (Å²) in [5.41, 5.74) is 3.16. The molecule has 1 fully saturated rings. The van der Waals surface area contributed by atoms with Gasteiger partial charge < -0.3 is 20.3 Å². The van der Waals surface area contributed by atoms with E-state index in [2.05, 4.69) is 15.6 Å². The molecule has 1 amide bonds. The highest BCUT2D eigenvalue weighted by atomic mass is 127. The van der Waals surface area contributed by atoms with Crippen LogP contribution < -0.4 is 20.3 Å². The molecular weight excluding hydrogens is 491 g/mol. The lowest BCUT2D eigenvalue weighted by Crippen LogP contribution is -2.36.